The minimum atomic E-state index is 0.547. The van der Waals surface area contributed by atoms with Gasteiger partial charge in [0.25, 0.3) is 6.21 Å². The molecular formula is C12H8N2O. The second-order valence-corrected chi connectivity index (χ2v) is 3.15. The molecule has 0 saturated heterocycles. The Kier molecular flexibility index (Phi) is 2.40. The Balaban J connectivity index is 2.86. The number of rotatable bonds is 2. The van der Waals surface area contributed by atoms with Gasteiger partial charge in [0.1, 0.15) is 0 Å². The van der Waals surface area contributed by atoms with E-state index >= 15 is 0 Å². The molecule has 2 rings (SSSR count). The van der Waals surface area contributed by atoms with Crippen LogP contribution < -0.4 is 0 Å². The van der Waals surface area contributed by atoms with Gasteiger partial charge in [-0.25, -0.2) is 0 Å². The molecule has 0 fully saturated rings. The number of aldehydes is 1. The van der Waals surface area contributed by atoms with Crippen LogP contribution in [0.15, 0.2) is 36.4 Å². The number of nitrogens with zero attached hydrogens (tertiary/aromatic N) is 2. The molecule has 0 aromatic heterocycles. The topological polar surface area (TPSA) is 53.5 Å². The first-order chi connectivity index (χ1) is 7.36. The van der Waals surface area contributed by atoms with Crippen LogP contribution in [0.2, 0.25) is 0 Å². The second-order valence-electron chi connectivity index (χ2n) is 3.15. The highest BCUT2D eigenvalue weighted by atomic mass is 16.1. The van der Waals surface area contributed by atoms with E-state index < -0.39 is 0 Å². The molecule has 72 valence electrons. The summed E-state index contributed by atoms with van der Waals surface area (Å²) in [7, 11) is 0. The predicted molar refractivity (Wildman–Crippen MR) is 58.1 cm³/mol. The highest BCUT2D eigenvalue weighted by Crippen LogP contribution is 2.19. The highest BCUT2D eigenvalue weighted by Gasteiger charge is 2.06. The van der Waals surface area contributed by atoms with E-state index in [1.54, 1.807) is 6.07 Å². The fourth-order valence-corrected chi connectivity index (χ4v) is 1.62. The standard InChI is InChI=1S/C12H8N2O/c13-14-7-10-6-5-9-3-1-2-4-11(9)12(10)8-15/h1-8H. The van der Waals surface area contributed by atoms with Crippen molar-refractivity contribution in [1.82, 2.24) is 0 Å². The maximum Gasteiger partial charge on any atom is 0.288 e. The summed E-state index contributed by atoms with van der Waals surface area (Å²) in [5.74, 6) is 0. The third-order valence-corrected chi connectivity index (χ3v) is 2.32. The largest absolute Gasteiger partial charge is 0.361 e. The monoisotopic (exact) mass is 196 g/mol. The molecule has 3 nitrogen and oxygen atoms in total. The van der Waals surface area contributed by atoms with Gasteiger partial charge in [-0.1, -0.05) is 30.3 Å². The lowest BCUT2D eigenvalue weighted by Gasteiger charge is -2.01. The zero-order valence-electron chi connectivity index (χ0n) is 7.92. The van der Waals surface area contributed by atoms with Crippen LogP contribution in [0.1, 0.15) is 15.9 Å². The quantitative estimate of drug-likeness (QED) is 0.314. The normalized spacial score (nSPS) is 9.60. The van der Waals surface area contributed by atoms with Crippen molar-refractivity contribution in [2.45, 2.75) is 0 Å². The smallest absolute Gasteiger partial charge is 0.288 e. The molecule has 0 aliphatic heterocycles. The van der Waals surface area contributed by atoms with Crippen molar-refractivity contribution in [3.05, 3.63) is 53.1 Å². The molecule has 0 aliphatic rings. The van der Waals surface area contributed by atoms with E-state index in [9.17, 15) is 4.79 Å². The molecule has 0 radical (unpaired) electrons. The third-order valence-electron chi connectivity index (χ3n) is 2.32. The average molecular weight is 196 g/mol. The van der Waals surface area contributed by atoms with Crippen LogP contribution in [0.5, 0.6) is 0 Å². The SMILES string of the molecule is [N-]=[N+]=Cc1ccc2ccccc2c1C=O. The summed E-state index contributed by atoms with van der Waals surface area (Å²) in [5, 5.41) is 1.86. The maximum absolute atomic E-state index is 11.0. The lowest BCUT2D eigenvalue weighted by atomic mass is 10.0. The van der Waals surface area contributed by atoms with Gasteiger partial charge in [-0.2, -0.15) is 4.79 Å². The number of carbonyl (C=O) groups is 1. The Morgan fingerprint density at radius 2 is 1.93 bits per heavy atom. The van der Waals surface area contributed by atoms with Crippen LogP contribution in [0.25, 0.3) is 16.3 Å². The van der Waals surface area contributed by atoms with E-state index in [2.05, 4.69) is 4.79 Å². The number of hydrogen-bond donors (Lipinski definition) is 0. The van der Waals surface area contributed by atoms with E-state index in [-0.39, 0.29) is 0 Å². The van der Waals surface area contributed by atoms with Gasteiger partial charge in [0.15, 0.2) is 6.29 Å². The van der Waals surface area contributed by atoms with Crippen LogP contribution in [0.3, 0.4) is 0 Å². The minimum Gasteiger partial charge on any atom is -0.361 e. The van der Waals surface area contributed by atoms with Crippen molar-refractivity contribution in [3.63, 3.8) is 0 Å². The summed E-state index contributed by atoms with van der Waals surface area (Å²) in [6.45, 7) is 0. The van der Waals surface area contributed by atoms with Gasteiger partial charge in [0.05, 0.1) is 5.56 Å². The average Bonchev–Trinajstić information content (AvgIpc) is 2.29. The fourth-order valence-electron chi connectivity index (χ4n) is 1.62. The van der Waals surface area contributed by atoms with Crippen molar-refractivity contribution >= 4 is 23.3 Å². The Morgan fingerprint density at radius 3 is 2.67 bits per heavy atom. The predicted octanol–water partition coefficient (Wildman–Crippen LogP) is 2.30. The minimum absolute atomic E-state index is 0.547. The zero-order chi connectivity index (χ0) is 10.7. The molecule has 15 heavy (non-hydrogen) atoms. The van der Waals surface area contributed by atoms with Crippen molar-refractivity contribution in [2.24, 2.45) is 0 Å². The molecule has 0 N–H and O–H groups in total. The number of hydrogen-bond acceptors (Lipinski definition) is 1. The Hall–Kier alpha value is -2.25. The van der Waals surface area contributed by atoms with Crippen LogP contribution in [0, 0.1) is 0 Å². The fraction of sp³-hybridized carbons (Fsp3) is 0. The maximum atomic E-state index is 11.0. The molecule has 0 amide bonds. The summed E-state index contributed by atoms with van der Waals surface area (Å²) in [6.07, 6.45) is 2.04. The van der Waals surface area contributed by atoms with Crippen molar-refractivity contribution in [3.8, 4) is 0 Å². The van der Waals surface area contributed by atoms with Crippen molar-refractivity contribution in [2.75, 3.05) is 0 Å². The summed E-state index contributed by atoms with van der Waals surface area (Å²) in [6, 6.07) is 11.2. The molecule has 0 atom stereocenters. The van der Waals surface area contributed by atoms with E-state index in [1.165, 1.54) is 6.21 Å². The molecule has 0 bridgehead atoms. The summed E-state index contributed by atoms with van der Waals surface area (Å²) in [5.41, 5.74) is 9.63. The van der Waals surface area contributed by atoms with Gasteiger partial charge in [0.2, 0.25) is 0 Å². The number of fused-ring (bicyclic) bond motifs is 1. The van der Waals surface area contributed by atoms with Gasteiger partial charge in [-0.15, -0.1) is 0 Å². The van der Waals surface area contributed by atoms with E-state index in [4.69, 9.17) is 5.53 Å². The van der Waals surface area contributed by atoms with Gasteiger partial charge >= 0.3 is 0 Å². The van der Waals surface area contributed by atoms with Gasteiger partial charge < -0.3 is 5.53 Å². The summed E-state index contributed by atoms with van der Waals surface area (Å²) >= 11 is 0. The number of carbonyl (C=O) groups excluding carboxylic acids is 1. The second kappa shape index (κ2) is 3.86. The van der Waals surface area contributed by atoms with E-state index in [0.717, 1.165) is 17.1 Å². The molecular weight excluding hydrogens is 188 g/mol. The number of benzene rings is 2. The third kappa shape index (κ3) is 1.56. The summed E-state index contributed by atoms with van der Waals surface area (Å²) in [4.78, 5) is 13.9. The molecule has 0 unspecified atom stereocenters. The first-order valence-electron chi connectivity index (χ1n) is 4.51. The molecule has 0 aliphatic carbocycles. The van der Waals surface area contributed by atoms with Gasteiger partial charge in [0, 0.05) is 5.56 Å². The summed E-state index contributed by atoms with van der Waals surface area (Å²) < 4.78 is 0. The van der Waals surface area contributed by atoms with Crippen LogP contribution in [-0.2, 0) is 0 Å². The molecule has 2 aromatic carbocycles. The van der Waals surface area contributed by atoms with E-state index in [0.29, 0.717) is 11.1 Å². The lowest BCUT2D eigenvalue weighted by Crippen LogP contribution is -1.93. The Morgan fingerprint density at radius 1 is 1.13 bits per heavy atom. The first-order valence-corrected chi connectivity index (χ1v) is 4.51. The molecule has 3 heteroatoms. The highest BCUT2D eigenvalue weighted by molar-refractivity contribution is 6.04. The molecule has 0 spiro atoms. The Bertz CT molecular complexity index is 569. The van der Waals surface area contributed by atoms with E-state index in [1.807, 2.05) is 30.3 Å². The van der Waals surface area contributed by atoms with Gasteiger partial charge in [-0.3, -0.25) is 4.79 Å². The van der Waals surface area contributed by atoms with Crippen LogP contribution in [0.4, 0.5) is 0 Å². The molecule has 0 heterocycles. The van der Waals surface area contributed by atoms with Crippen molar-refractivity contribution in [1.29, 1.82) is 0 Å². The first kappa shape index (κ1) is 9.31. The Labute approximate surface area is 86.6 Å². The lowest BCUT2D eigenvalue weighted by molar-refractivity contribution is 0.00452. The van der Waals surface area contributed by atoms with Crippen LogP contribution in [-0.4, -0.2) is 17.3 Å². The van der Waals surface area contributed by atoms with Crippen molar-refractivity contribution < 1.29 is 9.58 Å². The zero-order valence-corrected chi connectivity index (χ0v) is 7.92. The van der Waals surface area contributed by atoms with Gasteiger partial charge in [-0.05, 0) is 16.8 Å². The van der Waals surface area contributed by atoms with Crippen LogP contribution >= 0.6 is 0 Å². The molecule has 2 aromatic rings. The molecule has 0 saturated carbocycles.